The van der Waals surface area contributed by atoms with Crippen LogP contribution in [0, 0.1) is 0 Å². The molecule has 7 heteroatoms. The average Bonchev–Trinajstić information content (AvgIpc) is 3.20. The van der Waals surface area contributed by atoms with Crippen LogP contribution in [0.2, 0.25) is 0 Å². The van der Waals surface area contributed by atoms with Crippen molar-refractivity contribution in [3.8, 4) is 5.75 Å². The van der Waals surface area contributed by atoms with Gasteiger partial charge in [-0.1, -0.05) is 30.4 Å². The summed E-state index contributed by atoms with van der Waals surface area (Å²) in [6.07, 6.45) is 7.12. The number of nitrogens with zero attached hydrogens (tertiary/aromatic N) is 5. The first-order valence-electron chi connectivity index (χ1n) is 9.05. The van der Waals surface area contributed by atoms with Gasteiger partial charge in [0.15, 0.2) is 5.82 Å². The first-order valence-corrected chi connectivity index (χ1v) is 9.46. The standard InChI is InChI=1S/C22H15N5OS/c29-22-20-6-3-10-27(20)13-15-4-1-2-5-18(15)26-21-17-12-16(28-11-9-23-22)7-8-19(17)24-14-25-21/h1-10,12-14H,11H2/b15-13+,23-9?,26-18?. The Kier molecular flexibility index (Phi) is 4.42. The molecule has 0 radical (unpaired) electrons. The van der Waals surface area contributed by atoms with Crippen molar-refractivity contribution in [1.29, 1.82) is 0 Å². The molecular weight excluding hydrogens is 382 g/mol. The molecule has 2 aromatic heterocycles. The van der Waals surface area contributed by atoms with Gasteiger partial charge in [0.05, 0.1) is 16.6 Å². The van der Waals surface area contributed by atoms with Gasteiger partial charge in [0.1, 0.15) is 23.7 Å². The quantitative estimate of drug-likeness (QED) is 0.428. The zero-order valence-corrected chi connectivity index (χ0v) is 16.1. The molecule has 2 aromatic carbocycles. The van der Waals surface area contributed by atoms with Gasteiger partial charge in [-0.25, -0.2) is 20.0 Å². The summed E-state index contributed by atoms with van der Waals surface area (Å²) in [5.41, 5.74) is 1.63. The van der Waals surface area contributed by atoms with Gasteiger partial charge < -0.3 is 9.30 Å². The van der Waals surface area contributed by atoms with Gasteiger partial charge in [-0.15, -0.1) is 0 Å². The predicted octanol–water partition coefficient (Wildman–Crippen LogP) is 2.81. The number of hydrogen-bond acceptors (Lipinski definition) is 5. The highest BCUT2D eigenvalue weighted by atomic mass is 32.1. The van der Waals surface area contributed by atoms with E-state index in [9.17, 15) is 0 Å². The van der Waals surface area contributed by atoms with Crippen LogP contribution in [0.25, 0.3) is 17.1 Å². The van der Waals surface area contributed by atoms with Gasteiger partial charge in [-0.3, -0.25) is 0 Å². The van der Waals surface area contributed by atoms with Gasteiger partial charge >= 0.3 is 0 Å². The van der Waals surface area contributed by atoms with Crippen molar-refractivity contribution in [2.24, 2.45) is 9.98 Å². The van der Waals surface area contributed by atoms with Gasteiger partial charge in [-0.2, -0.15) is 0 Å². The Morgan fingerprint density at radius 1 is 1.00 bits per heavy atom. The monoisotopic (exact) mass is 397 g/mol. The third-order valence-electron chi connectivity index (χ3n) is 4.56. The van der Waals surface area contributed by atoms with E-state index in [1.165, 1.54) is 6.33 Å². The maximum absolute atomic E-state index is 5.81. The summed E-state index contributed by atoms with van der Waals surface area (Å²) in [4.78, 5) is 18.4. The fourth-order valence-electron chi connectivity index (χ4n) is 3.17. The molecule has 1 aliphatic rings. The minimum Gasteiger partial charge on any atom is -0.488 e. The molecular formula is C22H15N5OS. The number of ether oxygens (including phenoxy) is 1. The molecule has 0 atom stereocenters. The van der Waals surface area contributed by atoms with E-state index in [0.29, 0.717) is 23.2 Å². The summed E-state index contributed by atoms with van der Waals surface area (Å²) in [5.74, 6) is 1.28. The number of benzene rings is 2. The molecule has 1 aliphatic heterocycles. The van der Waals surface area contributed by atoms with Gasteiger partial charge in [0.25, 0.3) is 0 Å². The van der Waals surface area contributed by atoms with Crippen molar-refractivity contribution in [2.45, 2.75) is 0 Å². The largest absolute Gasteiger partial charge is 0.488 e. The molecule has 0 saturated heterocycles. The maximum Gasteiger partial charge on any atom is 0.163 e. The fourth-order valence-corrected chi connectivity index (χ4v) is 3.42. The zero-order valence-electron chi connectivity index (χ0n) is 15.3. The van der Waals surface area contributed by atoms with Crippen molar-refractivity contribution >= 4 is 46.3 Å². The highest BCUT2D eigenvalue weighted by Crippen LogP contribution is 2.25. The van der Waals surface area contributed by atoms with Crippen LogP contribution in [-0.2, 0) is 0 Å². The van der Waals surface area contributed by atoms with E-state index >= 15 is 0 Å². The van der Waals surface area contributed by atoms with E-state index in [0.717, 1.165) is 27.2 Å². The number of fused-ring (bicyclic) bond motifs is 3. The molecule has 29 heavy (non-hydrogen) atoms. The first-order chi connectivity index (χ1) is 14.3. The Morgan fingerprint density at radius 3 is 2.90 bits per heavy atom. The maximum atomic E-state index is 5.81. The van der Waals surface area contributed by atoms with Crippen LogP contribution < -0.4 is 15.3 Å². The van der Waals surface area contributed by atoms with Crippen LogP contribution >= 0.6 is 12.2 Å². The summed E-state index contributed by atoms with van der Waals surface area (Å²) in [7, 11) is 0. The molecule has 0 N–H and O–H groups in total. The second kappa shape index (κ2) is 7.37. The summed E-state index contributed by atoms with van der Waals surface area (Å²) in [5, 5.41) is 2.55. The molecule has 0 saturated carbocycles. The lowest BCUT2D eigenvalue weighted by molar-refractivity contribution is 0.381. The number of aliphatic imine (C=N–C) groups is 1. The normalized spacial score (nSPS) is 14.6. The first kappa shape index (κ1) is 17.4. The molecule has 0 fully saturated rings. The molecule has 0 unspecified atom stereocenters. The Hall–Kier alpha value is -3.71. The molecule has 6 nitrogen and oxygen atoms in total. The molecule has 4 aromatic rings. The van der Waals surface area contributed by atoms with E-state index in [2.05, 4.69) is 15.0 Å². The van der Waals surface area contributed by atoms with E-state index in [1.54, 1.807) is 6.21 Å². The van der Waals surface area contributed by atoms with E-state index < -0.39 is 0 Å². The van der Waals surface area contributed by atoms with Crippen LogP contribution in [0.3, 0.4) is 0 Å². The smallest absolute Gasteiger partial charge is 0.163 e. The van der Waals surface area contributed by atoms with Crippen molar-refractivity contribution in [3.63, 3.8) is 0 Å². The molecule has 0 aliphatic carbocycles. The lowest BCUT2D eigenvalue weighted by atomic mass is 10.2. The third-order valence-corrected chi connectivity index (χ3v) is 4.87. The van der Waals surface area contributed by atoms with E-state index in [-0.39, 0.29) is 0 Å². The Labute approximate surface area is 171 Å². The molecule has 5 rings (SSSR count). The Bertz CT molecular complexity index is 1390. The lowest BCUT2D eigenvalue weighted by Crippen LogP contribution is -2.25. The van der Waals surface area contributed by atoms with Crippen LogP contribution in [0.5, 0.6) is 5.75 Å². The van der Waals surface area contributed by atoms with Gasteiger partial charge in [0.2, 0.25) is 0 Å². The Morgan fingerprint density at radius 2 is 1.93 bits per heavy atom. The summed E-state index contributed by atoms with van der Waals surface area (Å²) >= 11 is 5.49. The minimum absolute atomic E-state index is 0.302. The lowest BCUT2D eigenvalue weighted by Gasteiger charge is -2.05. The highest BCUT2D eigenvalue weighted by Gasteiger charge is 2.07. The third kappa shape index (κ3) is 3.43. The van der Waals surface area contributed by atoms with E-state index in [1.807, 2.05) is 71.6 Å². The molecule has 140 valence electrons. The second-order valence-corrected chi connectivity index (χ2v) is 6.79. The molecule has 0 spiro atoms. The Balaban J connectivity index is 1.83. The summed E-state index contributed by atoms with van der Waals surface area (Å²) in [6.45, 7) is 0.302. The highest BCUT2D eigenvalue weighted by molar-refractivity contribution is 7.80. The van der Waals surface area contributed by atoms with Crippen LogP contribution in [-0.4, -0.2) is 32.3 Å². The summed E-state index contributed by atoms with van der Waals surface area (Å²) < 4.78 is 7.76. The predicted molar refractivity (Wildman–Crippen MR) is 116 cm³/mol. The van der Waals surface area contributed by atoms with Crippen LogP contribution in [0.15, 0.2) is 77.1 Å². The second-order valence-electron chi connectivity index (χ2n) is 6.40. The topological polar surface area (TPSA) is 64.7 Å². The molecule has 3 heterocycles. The minimum atomic E-state index is 0.302. The number of thiocarbonyl (C=S) groups is 1. The number of aromatic nitrogens is 3. The van der Waals surface area contributed by atoms with Crippen molar-refractivity contribution in [3.05, 3.63) is 83.4 Å². The van der Waals surface area contributed by atoms with E-state index in [4.69, 9.17) is 21.9 Å². The number of rotatable bonds is 0. The van der Waals surface area contributed by atoms with Crippen molar-refractivity contribution in [1.82, 2.24) is 14.5 Å². The van der Waals surface area contributed by atoms with Crippen molar-refractivity contribution < 1.29 is 4.74 Å². The van der Waals surface area contributed by atoms with Crippen LogP contribution in [0.4, 0.5) is 5.82 Å². The molecule has 2 bridgehead atoms. The van der Waals surface area contributed by atoms with Gasteiger partial charge in [0, 0.05) is 29.2 Å². The number of para-hydroxylation sites is 1. The van der Waals surface area contributed by atoms with Crippen molar-refractivity contribution in [2.75, 3.05) is 6.61 Å². The fraction of sp³-hybridized carbons (Fsp3) is 0.0455. The zero-order chi connectivity index (χ0) is 19.6. The van der Waals surface area contributed by atoms with Crippen LogP contribution in [0.1, 0.15) is 5.69 Å². The SMILES string of the molecule is S=C1N=CCOc2ccc3ncnc(c3c2)N=c2cccc/c2=C\n2cccc21. The summed E-state index contributed by atoms with van der Waals surface area (Å²) in [6, 6.07) is 17.4. The van der Waals surface area contributed by atoms with Gasteiger partial charge in [-0.05, 0) is 36.4 Å². The molecule has 0 amide bonds. The average molecular weight is 397 g/mol. The number of hydrogen-bond donors (Lipinski definition) is 0.